The molecule has 0 spiro atoms. The van der Waals surface area contributed by atoms with E-state index >= 15 is 0 Å². The van der Waals surface area contributed by atoms with E-state index in [1.807, 2.05) is 6.07 Å². The molecule has 2 unspecified atom stereocenters. The van der Waals surface area contributed by atoms with Crippen LogP contribution in [-0.2, 0) is 0 Å². The van der Waals surface area contributed by atoms with Gasteiger partial charge < -0.3 is 10.6 Å². The Balaban J connectivity index is 1.90. The predicted molar refractivity (Wildman–Crippen MR) is 76.6 cm³/mol. The highest BCUT2D eigenvalue weighted by Crippen LogP contribution is 2.35. The molecule has 1 aliphatic heterocycles. The van der Waals surface area contributed by atoms with Crippen LogP contribution in [0.4, 0.5) is 15.8 Å². The molecule has 1 aromatic rings. The van der Waals surface area contributed by atoms with E-state index < -0.39 is 0 Å². The highest BCUT2D eigenvalue weighted by Gasteiger charge is 2.27. The summed E-state index contributed by atoms with van der Waals surface area (Å²) >= 11 is 3.25. The minimum atomic E-state index is -0.199. The van der Waals surface area contributed by atoms with Crippen LogP contribution in [0, 0.1) is 11.7 Å². The van der Waals surface area contributed by atoms with E-state index in [0.717, 1.165) is 17.9 Å². The average molecular weight is 313 g/mol. The highest BCUT2D eigenvalue weighted by atomic mass is 79.9. The molecule has 0 saturated heterocycles. The Labute approximate surface area is 115 Å². The molecule has 4 heteroatoms. The summed E-state index contributed by atoms with van der Waals surface area (Å²) < 4.78 is 14.2. The first kappa shape index (κ1) is 12.3. The number of fused-ring (bicyclic) bond motifs is 2. The number of halogens is 2. The summed E-state index contributed by atoms with van der Waals surface area (Å²) in [6.45, 7) is 0.989. The van der Waals surface area contributed by atoms with Crippen LogP contribution in [0.2, 0.25) is 0 Å². The first-order valence-corrected chi connectivity index (χ1v) is 7.53. The Morgan fingerprint density at radius 2 is 1.94 bits per heavy atom. The zero-order chi connectivity index (χ0) is 12.5. The summed E-state index contributed by atoms with van der Waals surface area (Å²) in [6.07, 6.45) is 6.39. The third kappa shape index (κ3) is 2.35. The molecule has 1 heterocycles. The number of benzene rings is 1. The zero-order valence-corrected chi connectivity index (χ0v) is 11.9. The van der Waals surface area contributed by atoms with Gasteiger partial charge in [-0.15, -0.1) is 0 Å². The molecule has 0 amide bonds. The Kier molecular flexibility index (Phi) is 3.46. The lowest BCUT2D eigenvalue weighted by Crippen LogP contribution is -2.30. The van der Waals surface area contributed by atoms with Crippen molar-refractivity contribution in [2.45, 2.75) is 38.1 Å². The van der Waals surface area contributed by atoms with Crippen LogP contribution in [0.15, 0.2) is 16.6 Å². The highest BCUT2D eigenvalue weighted by molar-refractivity contribution is 9.10. The van der Waals surface area contributed by atoms with Crippen LogP contribution in [0.1, 0.15) is 32.1 Å². The smallest absolute Gasteiger partial charge is 0.139 e. The van der Waals surface area contributed by atoms with E-state index in [-0.39, 0.29) is 5.82 Å². The molecular formula is C14H18BrFN2. The van der Waals surface area contributed by atoms with Crippen molar-refractivity contribution in [2.24, 2.45) is 5.92 Å². The maximum absolute atomic E-state index is 13.6. The molecule has 2 atom stereocenters. The third-order valence-electron chi connectivity index (χ3n) is 4.12. The third-order valence-corrected chi connectivity index (χ3v) is 4.72. The number of rotatable bonds is 0. The van der Waals surface area contributed by atoms with Gasteiger partial charge in [-0.3, -0.25) is 0 Å². The minimum absolute atomic E-state index is 0.199. The Hall–Kier alpha value is -0.770. The molecule has 3 rings (SSSR count). The molecule has 0 bridgehead atoms. The fourth-order valence-corrected chi connectivity index (χ4v) is 3.42. The molecule has 1 saturated carbocycles. The quantitative estimate of drug-likeness (QED) is 0.743. The molecule has 18 heavy (non-hydrogen) atoms. The maximum Gasteiger partial charge on any atom is 0.139 e. The van der Waals surface area contributed by atoms with Gasteiger partial charge in [0.1, 0.15) is 5.82 Å². The van der Waals surface area contributed by atoms with Crippen LogP contribution in [0.5, 0.6) is 0 Å². The number of hydrogen-bond donors (Lipinski definition) is 2. The monoisotopic (exact) mass is 312 g/mol. The van der Waals surface area contributed by atoms with Crippen LogP contribution in [0.3, 0.4) is 0 Å². The largest absolute Gasteiger partial charge is 0.383 e. The Morgan fingerprint density at radius 3 is 2.83 bits per heavy atom. The van der Waals surface area contributed by atoms with Crippen molar-refractivity contribution in [3.8, 4) is 0 Å². The summed E-state index contributed by atoms with van der Waals surface area (Å²) in [5.74, 6) is 0.455. The van der Waals surface area contributed by atoms with E-state index in [1.54, 1.807) is 6.07 Å². The van der Waals surface area contributed by atoms with Crippen LogP contribution in [0.25, 0.3) is 0 Å². The fourth-order valence-electron chi connectivity index (χ4n) is 3.07. The lowest BCUT2D eigenvalue weighted by molar-refractivity contribution is 0.444. The molecular weight excluding hydrogens is 295 g/mol. The van der Waals surface area contributed by atoms with Crippen molar-refractivity contribution in [3.05, 3.63) is 22.4 Å². The molecule has 1 aliphatic carbocycles. The van der Waals surface area contributed by atoms with Gasteiger partial charge in [-0.2, -0.15) is 0 Å². The second-order valence-electron chi connectivity index (χ2n) is 5.34. The number of nitrogens with one attached hydrogen (secondary N) is 2. The van der Waals surface area contributed by atoms with Crippen molar-refractivity contribution < 1.29 is 4.39 Å². The second kappa shape index (κ2) is 5.08. The first-order valence-electron chi connectivity index (χ1n) is 6.73. The van der Waals surface area contributed by atoms with Crippen LogP contribution >= 0.6 is 15.9 Å². The number of hydrogen-bond acceptors (Lipinski definition) is 2. The van der Waals surface area contributed by atoms with Gasteiger partial charge in [0.15, 0.2) is 0 Å². The topological polar surface area (TPSA) is 24.1 Å². The SMILES string of the molecule is Fc1cc2c(cc1Br)NCC1CCCCCC1N2. The van der Waals surface area contributed by atoms with Gasteiger partial charge in [0.05, 0.1) is 15.8 Å². The molecule has 0 aromatic heterocycles. The molecule has 0 radical (unpaired) electrons. The number of anilines is 2. The van der Waals surface area contributed by atoms with Gasteiger partial charge in [-0.1, -0.05) is 19.3 Å². The van der Waals surface area contributed by atoms with Crippen molar-refractivity contribution in [3.63, 3.8) is 0 Å². The lowest BCUT2D eigenvalue weighted by Gasteiger charge is -2.23. The van der Waals surface area contributed by atoms with Gasteiger partial charge in [0.25, 0.3) is 0 Å². The normalized spacial score (nSPS) is 27.0. The summed E-state index contributed by atoms with van der Waals surface area (Å²) in [5.41, 5.74) is 1.92. The first-order chi connectivity index (χ1) is 8.74. The van der Waals surface area contributed by atoms with E-state index in [2.05, 4.69) is 26.6 Å². The van der Waals surface area contributed by atoms with Crippen molar-refractivity contribution in [1.29, 1.82) is 0 Å². The summed E-state index contributed by atoms with van der Waals surface area (Å²) in [6, 6.07) is 3.92. The summed E-state index contributed by atoms with van der Waals surface area (Å²) in [5, 5.41) is 7.01. The molecule has 2 nitrogen and oxygen atoms in total. The van der Waals surface area contributed by atoms with Crippen LogP contribution in [-0.4, -0.2) is 12.6 Å². The van der Waals surface area contributed by atoms with Crippen molar-refractivity contribution >= 4 is 27.3 Å². The fraction of sp³-hybridized carbons (Fsp3) is 0.571. The maximum atomic E-state index is 13.6. The van der Waals surface area contributed by atoms with Gasteiger partial charge >= 0.3 is 0 Å². The lowest BCUT2D eigenvalue weighted by atomic mass is 9.95. The predicted octanol–water partition coefficient (Wildman–Crippen LogP) is 4.37. The van der Waals surface area contributed by atoms with Crippen LogP contribution < -0.4 is 10.6 Å². The molecule has 1 aromatic carbocycles. The molecule has 1 fully saturated rings. The van der Waals surface area contributed by atoms with Crippen molar-refractivity contribution in [1.82, 2.24) is 0 Å². The van der Waals surface area contributed by atoms with Gasteiger partial charge in [0, 0.05) is 18.7 Å². The van der Waals surface area contributed by atoms with Gasteiger partial charge in [-0.25, -0.2) is 4.39 Å². The van der Waals surface area contributed by atoms with Gasteiger partial charge in [-0.05, 0) is 40.8 Å². The Morgan fingerprint density at radius 1 is 1.11 bits per heavy atom. The van der Waals surface area contributed by atoms with E-state index in [1.165, 1.54) is 32.1 Å². The molecule has 98 valence electrons. The summed E-state index contributed by atoms with van der Waals surface area (Å²) in [4.78, 5) is 0. The van der Waals surface area contributed by atoms with E-state index in [4.69, 9.17) is 0 Å². The van der Waals surface area contributed by atoms with E-state index in [9.17, 15) is 4.39 Å². The second-order valence-corrected chi connectivity index (χ2v) is 6.20. The molecule has 2 aliphatic rings. The Bertz CT molecular complexity index is 450. The van der Waals surface area contributed by atoms with Gasteiger partial charge in [0.2, 0.25) is 0 Å². The van der Waals surface area contributed by atoms with Crippen molar-refractivity contribution in [2.75, 3.05) is 17.2 Å². The molecule has 2 N–H and O–H groups in total. The van der Waals surface area contributed by atoms with E-state index in [0.29, 0.717) is 16.4 Å². The summed E-state index contributed by atoms with van der Waals surface area (Å²) in [7, 11) is 0. The standard InChI is InChI=1S/C14H18BrFN2/c15-10-6-13-14(7-11(10)16)18-12-5-3-1-2-4-9(12)8-17-13/h6-7,9,12,17-18H,1-5,8H2. The minimum Gasteiger partial charge on any atom is -0.383 e. The average Bonchev–Trinajstić information content (AvgIpc) is 2.64. The zero-order valence-electron chi connectivity index (χ0n) is 10.3.